The minimum absolute atomic E-state index is 0.264. The number of hydrogen-bond donors (Lipinski definition) is 1. The molecule has 3 rings (SSSR count). The number of aryl methyl sites for hydroxylation is 1. The van der Waals surface area contributed by atoms with Crippen molar-refractivity contribution in [3.05, 3.63) is 58.6 Å². The Balaban J connectivity index is 1.86. The highest BCUT2D eigenvalue weighted by Crippen LogP contribution is 2.18. The van der Waals surface area contributed by atoms with Gasteiger partial charge in [-0.3, -0.25) is 10.1 Å². The van der Waals surface area contributed by atoms with Crippen molar-refractivity contribution in [2.24, 2.45) is 0 Å². The molecule has 0 saturated carbocycles. The molecule has 5 nitrogen and oxygen atoms in total. The van der Waals surface area contributed by atoms with Gasteiger partial charge in [0.2, 0.25) is 0 Å². The second-order valence-corrected chi connectivity index (χ2v) is 5.64. The first kappa shape index (κ1) is 14.4. The minimum atomic E-state index is -0.314. The summed E-state index contributed by atoms with van der Waals surface area (Å²) in [5, 5.41) is 9.37. The lowest BCUT2D eigenvalue weighted by molar-refractivity contribution is 0.102. The zero-order valence-corrected chi connectivity index (χ0v) is 12.8. The molecule has 2 heterocycles. The molecule has 22 heavy (non-hydrogen) atoms. The van der Waals surface area contributed by atoms with E-state index in [2.05, 4.69) is 15.4 Å². The predicted octanol–water partition coefficient (Wildman–Crippen LogP) is 3.34. The number of nitrogens with zero attached hydrogens (tertiary/aromatic N) is 3. The van der Waals surface area contributed by atoms with Crippen molar-refractivity contribution in [1.29, 1.82) is 0 Å². The molecule has 0 fully saturated rings. The van der Waals surface area contributed by atoms with Crippen LogP contribution in [0.4, 0.5) is 9.52 Å². The standard InChI is InChI=1S/C15H13FN4OS/c1-9-8-22-15(18-9)19-14(21)13-7-17-20(10(13)2)12-5-3-11(16)4-6-12/h3-8H,1-2H3,(H,18,19,21). The Bertz CT molecular complexity index is 822. The Kier molecular flexibility index (Phi) is 3.72. The molecule has 0 aliphatic rings. The molecule has 0 aliphatic heterocycles. The molecule has 0 aliphatic carbocycles. The van der Waals surface area contributed by atoms with Gasteiger partial charge in [0.15, 0.2) is 5.13 Å². The van der Waals surface area contributed by atoms with Gasteiger partial charge in [-0.25, -0.2) is 14.1 Å². The van der Waals surface area contributed by atoms with Crippen molar-refractivity contribution < 1.29 is 9.18 Å². The number of carbonyl (C=O) groups is 1. The number of aromatic nitrogens is 3. The molecule has 0 radical (unpaired) electrons. The number of benzene rings is 1. The van der Waals surface area contributed by atoms with E-state index in [0.717, 1.165) is 5.69 Å². The summed E-state index contributed by atoms with van der Waals surface area (Å²) in [4.78, 5) is 16.5. The Morgan fingerprint density at radius 1 is 1.27 bits per heavy atom. The lowest BCUT2D eigenvalue weighted by Crippen LogP contribution is -2.13. The maximum atomic E-state index is 13.0. The molecule has 0 bridgehead atoms. The average Bonchev–Trinajstić information content (AvgIpc) is 3.06. The monoisotopic (exact) mass is 316 g/mol. The molecule has 0 saturated heterocycles. The van der Waals surface area contributed by atoms with E-state index < -0.39 is 0 Å². The number of hydrogen-bond acceptors (Lipinski definition) is 4. The lowest BCUT2D eigenvalue weighted by Gasteiger charge is -2.05. The van der Waals surface area contributed by atoms with Crippen molar-refractivity contribution in [2.45, 2.75) is 13.8 Å². The largest absolute Gasteiger partial charge is 0.298 e. The van der Waals surface area contributed by atoms with Crippen molar-refractivity contribution >= 4 is 22.4 Å². The van der Waals surface area contributed by atoms with Crippen LogP contribution < -0.4 is 5.32 Å². The summed E-state index contributed by atoms with van der Waals surface area (Å²) in [6.45, 7) is 3.66. The highest BCUT2D eigenvalue weighted by molar-refractivity contribution is 7.13. The fraction of sp³-hybridized carbons (Fsp3) is 0.133. The summed E-state index contributed by atoms with van der Waals surface area (Å²) in [7, 11) is 0. The number of thiazole rings is 1. The second kappa shape index (κ2) is 5.69. The molecular weight excluding hydrogens is 303 g/mol. The summed E-state index contributed by atoms with van der Waals surface area (Å²) in [5.74, 6) is -0.578. The molecule has 3 aromatic rings. The zero-order chi connectivity index (χ0) is 15.7. The molecule has 112 valence electrons. The summed E-state index contributed by atoms with van der Waals surface area (Å²) >= 11 is 1.37. The predicted molar refractivity (Wildman–Crippen MR) is 83.1 cm³/mol. The topological polar surface area (TPSA) is 59.8 Å². The molecular formula is C15H13FN4OS. The van der Waals surface area contributed by atoms with Gasteiger partial charge in [0.05, 0.1) is 28.8 Å². The highest BCUT2D eigenvalue weighted by Gasteiger charge is 2.16. The van der Waals surface area contributed by atoms with E-state index in [9.17, 15) is 9.18 Å². The van der Waals surface area contributed by atoms with Gasteiger partial charge in [-0.15, -0.1) is 11.3 Å². The van der Waals surface area contributed by atoms with E-state index in [0.29, 0.717) is 22.1 Å². The van der Waals surface area contributed by atoms with Crippen LogP contribution in [0.25, 0.3) is 5.69 Å². The third-order valence-corrected chi connectivity index (χ3v) is 4.04. The van der Waals surface area contributed by atoms with Crippen LogP contribution in [0.3, 0.4) is 0 Å². The number of nitrogens with one attached hydrogen (secondary N) is 1. The first-order valence-electron chi connectivity index (χ1n) is 6.58. The van der Waals surface area contributed by atoms with Crippen LogP contribution in [-0.2, 0) is 0 Å². The highest BCUT2D eigenvalue weighted by atomic mass is 32.1. The maximum Gasteiger partial charge on any atom is 0.260 e. The smallest absolute Gasteiger partial charge is 0.260 e. The first-order chi connectivity index (χ1) is 10.5. The Morgan fingerprint density at radius 2 is 2.00 bits per heavy atom. The number of halogens is 1. The summed E-state index contributed by atoms with van der Waals surface area (Å²) in [6.07, 6.45) is 1.49. The van der Waals surface area contributed by atoms with Crippen LogP contribution in [0.2, 0.25) is 0 Å². The van der Waals surface area contributed by atoms with E-state index >= 15 is 0 Å². The molecule has 0 spiro atoms. The summed E-state index contributed by atoms with van der Waals surface area (Å²) in [5.41, 5.74) is 2.69. The van der Waals surface area contributed by atoms with E-state index in [4.69, 9.17) is 0 Å². The first-order valence-corrected chi connectivity index (χ1v) is 7.46. The molecule has 1 N–H and O–H groups in total. The van der Waals surface area contributed by atoms with Crippen LogP contribution >= 0.6 is 11.3 Å². The van der Waals surface area contributed by atoms with Gasteiger partial charge in [0, 0.05) is 5.38 Å². The SMILES string of the molecule is Cc1csc(NC(=O)c2cnn(-c3ccc(F)cc3)c2C)n1. The molecule has 0 unspecified atom stereocenters. The van der Waals surface area contributed by atoms with Gasteiger partial charge >= 0.3 is 0 Å². The number of carbonyl (C=O) groups excluding carboxylic acids is 1. The van der Waals surface area contributed by atoms with Gasteiger partial charge in [-0.1, -0.05) is 0 Å². The molecule has 0 atom stereocenters. The molecule has 1 aromatic carbocycles. The van der Waals surface area contributed by atoms with Crippen LogP contribution in [0.5, 0.6) is 0 Å². The van der Waals surface area contributed by atoms with Gasteiger partial charge in [-0.2, -0.15) is 5.10 Å². The average molecular weight is 316 g/mol. The number of anilines is 1. The fourth-order valence-electron chi connectivity index (χ4n) is 2.05. The van der Waals surface area contributed by atoms with Crippen LogP contribution in [-0.4, -0.2) is 20.7 Å². The Labute approximate surface area is 130 Å². The van der Waals surface area contributed by atoms with Gasteiger partial charge in [0.25, 0.3) is 5.91 Å². The minimum Gasteiger partial charge on any atom is -0.298 e. The molecule has 7 heteroatoms. The van der Waals surface area contributed by atoms with Gasteiger partial charge in [-0.05, 0) is 38.1 Å². The lowest BCUT2D eigenvalue weighted by atomic mass is 10.2. The van der Waals surface area contributed by atoms with Crippen molar-refractivity contribution in [2.75, 3.05) is 5.32 Å². The van der Waals surface area contributed by atoms with Crippen molar-refractivity contribution in [3.63, 3.8) is 0 Å². The quantitative estimate of drug-likeness (QED) is 0.806. The summed E-state index contributed by atoms with van der Waals surface area (Å²) < 4.78 is 14.6. The Hall–Kier alpha value is -2.54. The van der Waals surface area contributed by atoms with Gasteiger partial charge in [0.1, 0.15) is 5.82 Å². The Morgan fingerprint density at radius 3 is 2.64 bits per heavy atom. The van der Waals surface area contributed by atoms with Crippen LogP contribution in [0, 0.1) is 19.7 Å². The third kappa shape index (κ3) is 2.75. The van der Waals surface area contributed by atoms with Crippen LogP contribution in [0.1, 0.15) is 21.7 Å². The third-order valence-electron chi connectivity index (χ3n) is 3.17. The van der Waals surface area contributed by atoms with E-state index in [-0.39, 0.29) is 11.7 Å². The zero-order valence-electron chi connectivity index (χ0n) is 12.0. The molecule has 1 amide bonds. The van der Waals surface area contributed by atoms with E-state index in [1.165, 1.54) is 29.7 Å². The fourth-order valence-corrected chi connectivity index (χ4v) is 2.73. The number of amides is 1. The number of rotatable bonds is 3. The normalized spacial score (nSPS) is 10.7. The molecule has 2 aromatic heterocycles. The van der Waals surface area contributed by atoms with E-state index in [1.807, 2.05) is 12.3 Å². The van der Waals surface area contributed by atoms with Crippen LogP contribution in [0.15, 0.2) is 35.8 Å². The van der Waals surface area contributed by atoms with E-state index in [1.54, 1.807) is 23.7 Å². The van der Waals surface area contributed by atoms with Crippen molar-refractivity contribution in [1.82, 2.24) is 14.8 Å². The summed E-state index contributed by atoms with van der Waals surface area (Å²) in [6, 6.07) is 5.94. The second-order valence-electron chi connectivity index (χ2n) is 4.78. The maximum absolute atomic E-state index is 13.0. The van der Waals surface area contributed by atoms with Gasteiger partial charge < -0.3 is 0 Å². The van der Waals surface area contributed by atoms with Crippen molar-refractivity contribution in [3.8, 4) is 5.69 Å².